The fraction of sp³-hybridized carbons (Fsp3) is 0. The van der Waals surface area contributed by atoms with Crippen molar-refractivity contribution in [3.05, 3.63) is 60.7 Å². The topological polar surface area (TPSA) is 0 Å². The first-order chi connectivity index (χ1) is 6.88. The summed E-state index contributed by atoms with van der Waals surface area (Å²) in [7, 11) is -0.587. The summed E-state index contributed by atoms with van der Waals surface area (Å²) in [5.41, 5.74) is 0. The van der Waals surface area contributed by atoms with Gasteiger partial charge in [-0.1, -0.05) is 60.7 Å². The van der Waals surface area contributed by atoms with Crippen LogP contribution in [-0.2, 0) is 12.2 Å². The van der Waals surface area contributed by atoms with Crippen molar-refractivity contribution in [2.75, 3.05) is 0 Å². The van der Waals surface area contributed by atoms with Crippen LogP contribution in [-0.4, -0.2) is 0 Å². The molecule has 0 spiro atoms. The molecule has 2 aromatic rings. The predicted molar refractivity (Wildman–Crippen MR) is 66.4 cm³/mol. The molecule has 0 saturated heterocycles. The van der Waals surface area contributed by atoms with Crippen LogP contribution in [0.1, 0.15) is 0 Å². The molecule has 0 saturated carbocycles. The van der Waals surface area contributed by atoms with Gasteiger partial charge in [0.2, 0.25) is 0 Å². The Balaban J connectivity index is 2.30. The van der Waals surface area contributed by atoms with Crippen molar-refractivity contribution >= 4 is 30.0 Å². The van der Waals surface area contributed by atoms with Crippen LogP contribution in [0.2, 0.25) is 0 Å². The lowest BCUT2D eigenvalue weighted by Gasteiger charge is -2.24. The van der Waals surface area contributed by atoms with Crippen LogP contribution in [0.3, 0.4) is 0 Å². The molecule has 0 aliphatic rings. The molecule has 0 aromatic heterocycles. The maximum Gasteiger partial charge on any atom is -0.0440 e. The lowest BCUT2D eigenvalue weighted by atomic mass is 10.4. The Kier molecular flexibility index (Phi) is 3.23. The Morgan fingerprint density at radius 1 is 0.643 bits per heavy atom. The van der Waals surface area contributed by atoms with E-state index < -0.39 is 7.12 Å². The van der Waals surface area contributed by atoms with Crippen molar-refractivity contribution in [3.63, 3.8) is 0 Å². The third kappa shape index (κ3) is 2.17. The predicted octanol–water partition coefficient (Wildman–Crippen LogP) is 2.58. The van der Waals surface area contributed by atoms with Crippen molar-refractivity contribution in [3.8, 4) is 0 Å². The highest BCUT2D eigenvalue weighted by atomic mass is 32.7. The SMILES string of the molecule is [S-]P(c1ccccc1)c1ccccc1. The lowest BCUT2D eigenvalue weighted by molar-refractivity contribution is 1.76. The van der Waals surface area contributed by atoms with Gasteiger partial charge in [-0.25, -0.2) is 0 Å². The van der Waals surface area contributed by atoms with Crippen molar-refractivity contribution in [1.82, 2.24) is 0 Å². The molecule has 0 heterocycles. The third-order valence-corrected chi connectivity index (χ3v) is 4.78. The maximum absolute atomic E-state index is 5.54. The van der Waals surface area contributed by atoms with Gasteiger partial charge in [-0.2, -0.15) is 7.12 Å². The molecule has 2 aromatic carbocycles. The Labute approximate surface area is 90.9 Å². The highest BCUT2D eigenvalue weighted by molar-refractivity contribution is 8.39. The summed E-state index contributed by atoms with van der Waals surface area (Å²) >= 11 is 5.54. The van der Waals surface area contributed by atoms with E-state index in [9.17, 15) is 0 Å². The largest absolute Gasteiger partial charge is 0.749 e. The molecule has 0 radical (unpaired) electrons. The molecule has 0 atom stereocenters. The quantitative estimate of drug-likeness (QED) is 0.550. The Bertz CT molecular complexity index is 346. The van der Waals surface area contributed by atoms with E-state index in [1.807, 2.05) is 36.4 Å². The number of benzene rings is 2. The minimum absolute atomic E-state index is 0.587. The second kappa shape index (κ2) is 4.63. The highest BCUT2D eigenvalue weighted by Crippen LogP contribution is 2.29. The van der Waals surface area contributed by atoms with Gasteiger partial charge in [-0.05, 0) is 10.6 Å². The molecule has 0 aliphatic heterocycles. The van der Waals surface area contributed by atoms with E-state index in [1.165, 1.54) is 10.6 Å². The average Bonchev–Trinajstić information content (AvgIpc) is 2.30. The smallest absolute Gasteiger partial charge is 0.0440 e. The first kappa shape index (κ1) is 9.76. The van der Waals surface area contributed by atoms with Gasteiger partial charge in [0.15, 0.2) is 0 Å². The Morgan fingerprint density at radius 3 is 1.36 bits per heavy atom. The standard InChI is InChI=1S/C12H10PS/c14-13(11-7-3-1-4-8-11)12-9-5-2-6-10-12/h1-10H/q-1. The zero-order valence-corrected chi connectivity index (χ0v) is 9.34. The Hall–Kier alpha value is -0.780. The summed E-state index contributed by atoms with van der Waals surface area (Å²) in [6.07, 6.45) is 0. The van der Waals surface area contributed by atoms with Crippen molar-refractivity contribution in [2.24, 2.45) is 0 Å². The van der Waals surface area contributed by atoms with E-state index in [-0.39, 0.29) is 0 Å². The molecular formula is C12H10PS-. The molecule has 0 aliphatic carbocycles. The van der Waals surface area contributed by atoms with Crippen LogP contribution < -0.4 is 10.6 Å². The van der Waals surface area contributed by atoms with Gasteiger partial charge >= 0.3 is 0 Å². The summed E-state index contributed by atoms with van der Waals surface area (Å²) in [4.78, 5) is 0. The molecule has 0 unspecified atom stereocenters. The van der Waals surface area contributed by atoms with E-state index in [1.54, 1.807) is 0 Å². The van der Waals surface area contributed by atoms with Crippen LogP contribution in [0.4, 0.5) is 0 Å². The van der Waals surface area contributed by atoms with Crippen LogP contribution in [0.15, 0.2) is 60.7 Å². The zero-order valence-electron chi connectivity index (χ0n) is 7.63. The average molecular weight is 217 g/mol. The number of hydrogen-bond acceptors (Lipinski definition) is 1. The minimum Gasteiger partial charge on any atom is -0.749 e. The molecule has 14 heavy (non-hydrogen) atoms. The van der Waals surface area contributed by atoms with Crippen molar-refractivity contribution < 1.29 is 0 Å². The summed E-state index contributed by atoms with van der Waals surface area (Å²) in [5, 5.41) is 2.51. The number of rotatable bonds is 2. The molecule has 2 rings (SSSR count). The molecule has 2 heteroatoms. The molecule has 0 N–H and O–H groups in total. The second-order valence-corrected chi connectivity index (χ2v) is 5.68. The molecule has 0 bridgehead atoms. The van der Waals surface area contributed by atoms with E-state index in [0.29, 0.717) is 0 Å². The monoisotopic (exact) mass is 217 g/mol. The first-order valence-corrected chi connectivity index (χ1v) is 6.81. The van der Waals surface area contributed by atoms with Gasteiger partial charge in [0.1, 0.15) is 0 Å². The van der Waals surface area contributed by atoms with Gasteiger partial charge < -0.3 is 12.2 Å². The van der Waals surface area contributed by atoms with Crippen molar-refractivity contribution in [1.29, 1.82) is 0 Å². The molecule has 70 valence electrons. The van der Waals surface area contributed by atoms with E-state index >= 15 is 0 Å². The van der Waals surface area contributed by atoms with Crippen LogP contribution in [0.25, 0.3) is 0 Å². The van der Waals surface area contributed by atoms with E-state index in [0.717, 1.165) is 0 Å². The maximum atomic E-state index is 5.54. The van der Waals surface area contributed by atoms with E-state index in [4.69, 9.17) is 12.2 Å². The van der Waals surface area contributed by atoms with Gasteiger partial charge in [-0.15, -0.1) is 0 Å². The second-order valence-electron chi connectivity index (χ2n) is 2.97. The van der Waals surface area contributed by atoms with Gasteiger partial charge in [-0.3, -0.25) is 0 Å². The lowest BCUT2D eigenvalue weighted by Crippen LogP contribution is -2.08. The Morgan fingerprint density at radius 2 is 1.00 bits per heavy atom. The van der Waals surface area contributed by atoms with Gasteiger partial charge in [0, 0.05) is 0 Å². The van der Waals surface area contributed by atoms with Crippen LogP contribution in [0, 0.1) is 0 Å². The number of hydrogen-bond donors (Lipinski definition) is 0. The summed E-state index contributed by atoms with van der Waals surface area (Å²) in [6.45, 7) is 0. The zero-order chi connectivity index (χ0) is 9.80. The first-order valence-electron chi connectivity index (χ1n) is 4.45. The van der Waals surface area contributed by atoms with Gasteiger partial charge in [0.25, 0.3) is 0 Å². The van der Waals surface area contributed by atoms with Crippen LogP contribution >= 0.6 is 7.12 Å². The molecule has 0 amide bonds. The summed E-state index contributed by atoms with van der Waals surface area (Å²) in [6, 6.07) is 20.6. The highest BCUT2D eigenvalue weighted by Gasteiger charge is 1.96. The normalized spacial score (nSPS) is 10.4. The molecule has 0 fully saturated rings. The van der Waals surface area contributed by atoms with Crippen molar-refractivity contribution in [2.45, 2.75) is 0 Å². The fourth-order valence-electron chi connectivity index (χ4n) is 1.28. The minimum atomic E-state index is -0.587. The fourth-order valence-corrected chi connectivity index (χ4v) is 3.19. The third-order valence-electron chi connectivity index (χ3n) is 1.98. The van der Waals surface area contributed by atoms with Gasteiger partial charge in [0.05, 0.1) is 0 Å². The van der Waals surface area contributed by atoms with Crippen LogP contribution in [0.5, 0.6) is 0 Å². The summed E-state index contributed by atoms with van der Waals surface area (Å²) in [5.74, 6) is 0. The van der Waals surface area contributed by atoms with E-state index in [2.05, 4.69) is 24.3 Å². The molecular weight excluding hydrogens is 207 g/mol. The molecule has 0 nitrogen and oxygen atoms in total. The summed E-state index contributed by atoms with van der Waals surface area (Å²) < 4.78 is 0.